The van der Waals surface area contributed by atoms with Crippen molar-refractivity contribution >= 4 is 11.6 Å². The molecule has 0 radical (unpaired) electrons. The van der Waals surface area contributed by atoms with E-state index in [1.54, 1.807) is 0 Å². The number of hydrogen-bond acceptors (Lipinski definition) is 2. The van der Waals surface area contributed by atoms with E-state index in [0.717, 1.165) is 28.9 Å². The molecule has 0 bridgehead atoms. The first-order valence-corrected chi connectivity index (χ1v) is 7.29. The van der Waals surface area contributed by atoms with Crippen LogP contribution in [-0.2, 0) is 6.54 Å². The Bertz CT molecular complexity index is 635. The molecule has 0 unspecified atom stereocenters. The summed E-state index contributed by atoms with van der Waals surface area (Å²) in [5.74, 6) is -0.0289. The Balaban J connectivity index is 2.05. The van der Waals surface area contributed by atoms with E-state index in [1.165, 1.54) is 5.56 Å². The van der Waals surface area contributed by atoms with Gasteiger partial charge in [0.05, 0.1) is 0 Å². The summed E-state index contributed by atoms with van der Waals surface area (Å²) < 4.78 is 0. The van der Waals surface area contributed by atoms with E-state index in [2.05, 4.69) is 30.5 Å². The monoisotopic (exact) mass is 282 g/mol. The van der Waals surface area contributed by atoms with Crippen molar-refractivity contribution in [3.05, 3.63) is 64.7 Å². The second-order valence-corrected chi connectivity index (χ2v) is 5.17. The highest BCUT2D eigenvalue weighted by atomic mass is 16.1. The number of amides is 1. The number of benzene rings is 2. The maximum Gasteiger partial charge on any atom is 0.251 e. The Morgan fingerprint density at radius 2 is 1.81 bits per heavy atom. The molecule has 21 heavy (non-hydrogen) atoms. The van der Waals surface area contributed by atoms with Crippen molar-refractivity contribution in [1.29, 1.82) is 0 Å². The number of carbonyl (C=O) groups is 1. The minimum Gasteiger partial charge on any atom is -0.385 e. The first-order valence-electron chi connectivity index (χ1n) is 7.29. The summed E-state index contributed by atoms with van der Waals surface area (Å²) in [6.45, 7) is 7.50. The van der Waals surface area contributed by atoms with Gasteiger partial charge in [0, 0.05) is 24.3 Å². The van der Waals surface area contributed by atoms with Gasteiger partial charge in [0.1, 0.15) is 0 Å². The van der Waals surface area contributed by atoms with Crippen molar-refractivity contribution in [3.63, 3.8) is 0 Å². The van der Waals surface area contributed by atoms with Crippen LogP contribution in [0, 0.1) is 13.8 Å². The summed E-state index contributed by atoms with van der Waals surface area (Å²) in [6.07, 6.45) is 0. The highest BCUT2D eigenvalue weighted by molar-refractivity contribution is 5.96. The van der Waals surface area contributed by atoms with Crippen LogP contribution >= 0.6 is 0 Å². The molecule has 110 valence electrons. The molecule has 3 nitrogen and oxygen atoms in total. The molecule has 0 heterocycles. The van der Waals surface area contributed by atoms with Crippen LogP contribution in [0.4, 0.5) is 5.69 Å². The third-order valence-corrected chi connectivity index (χ3v) is 3.55. The molecular formula is C18H22N2O. The lowest BCUT2D eigenvalue weighted by molar-refractivity contribution is 0.0950. The third-order valence-electron chi connectivity index (χ3n) is 3.55. The fraction of sp³-hybridized carbons (Fsp3) is 0.278. The molecule has 0 saturated heterocycles. The molecule has 0 aromatic heterocycles. The van der Waals surface area contributed by atoms with Crippen molar-refractivity contribution in [3.8, 4) is 0 Å². The van der Waals surface area contributed by atoms with Gasteiger partial charge in [-0.25, -0.2) is 0 Å². The minimum absolute atomic E-state index is 0.0289. The predicted octanol–water partition coefficient (Wildman–Crippen LogP) is 3.67. The summed E-state index contributed by atoms with van der Waals surface area (Å²) in [5.41, 5.74) is 5.09. The zero-order valence-corrected chi connectivity index (χ0v) is 12.9. The molecule has 0 aliphatic heterocycles. The number of rotatable bonds is 5. The van der Waals surface area contributed by atoms with Gasteiger partial charge in [-0.2, -0.15) is 0 Å². The standard InChI is InChI=1S/C18H22N2O/c1-4-19-16-9-10-17(14(3)11-16)18(21)20-12-15-8-6-5-7-13(15)2/h5-11,19H,4,12H2,1-3H3,(H,20,21). The second-order valence-electron chi connectivity index (χ2n) is 5.17. The molecule has 0 aliphatic carbocycles. The summed E-state index contributed by atoms with van der Waals surface area (Å²) in [4.78, 5) is 12.3. The van der Waals surface area contributed by atoms with Crippen LogP contribution in [-0.4, -0.2) is 12.5 Å². The SMILES string of the molecule is CCNc1ccc(C(=O)NCc2ccccc2C)c(C)c1. The average molecular weight is 282 g/mol. The molecular weight excluding hydrogens is 260 g/mol. The number of nitrogens with one attached hydrogen (secondary N) is 2. The normalized spacial score (nSPS) is 10.2. The molecule has 3 heteroatoms. The van der Waals surface area contributed by atoms with Gasteiger partial charge in [-0.3, -0.25) is 4.79 Å². The summed E-state index contributed by atoms with van der Waals surface area (Å²) in [6, 6.07) is 13.9. The summed E-state index contributed by atoms with van der Waals surface area (Å²) in [5, 5.41) is 6.24. The van der Waals surface area contributed by atoms with Crippen LogP contribution in [0.3, 0.4) is 0 Å². The number of carbonyl (C=O) groups excluding carboxylic acids is 1. The highest BCUT2D eigenvalue weighted by Crippen LogP contribution is 2.15. The lowest BCUT2D eigenvalue weighted by Crippen LogP contribution is -2.24. The molecule has 0 spiro atoms. The van der Waals surface area contributed by atoms with E-state index in [1.807, 2.05) is 43.3 Å². The Kier molecular flexibility index (Phi) is 4.99. The molecule has 0 atom stereocenters. The Morgan fingerprint density at radius 3 is 2.48 bits per heavy atom. The number of hydrogen-bond donors (Lipinski definition) is 2. The van der Waals surface area contributed by atoms with Crippen LogP contribution in [0.2, 0.25) is 0 Å². The Hall–Kier alpha value is -2.29. The molecule has 0 saturated carbocycles. The van der Waals surface area contributed by atoms with E-state index >= 15 is 0 Å². The van der Waals surface area contributed by atoms with Gasteiger partial charge in [-0.05, 0) is 55.7 Å². The largest absolute Gasteiger partial charge is 0.385 e. The zero-order valence-electron chi connectivity index (χ0n) is 12.9. The smallest absolute Gasteiger partial charge is 0.251 e. The van der Waals surface area contributed by atoms with Crippen LogP contribution in [0.25, 0.3) is 0 Å². The van der Waals surface area contributed by atoms with Gasteiger partial charge >= 0.3 is 0 Å². The van der Waals surface area contributed by atoms with Gasteiger partial charge in [-0.1, -0.05) is 24.3 Å². The first-order chi connectivity index (χ1) is 10.1. The third kappa shape index (κ3) is 3.85. The molecule has 2 rings (SSSR count). The van der Waals surface area contributed by atoms with Crippen LogP contribution in [0.1, 0.15) is 34.0 Å². The van der Waals surface area contributed by atoms with E-state index in [9.17, 15) is 4.79 Å². The summed E-state index contributed by atoms with van der Waals surface area (Å²) >= 11 is 0. The lowest BCUT2D eigenvalue weighted by Gasteiger charge is -2.11. The fourth-order valence-electron chi connectivity index (χ4n) is 2.31. The van der Waals surface area contributed by atoms with Crippen LogP contribution in [0.5, 0.6) is 0 Å². The number of aryl methyl sites for hydroxylation is 2. The molecule has 2 N–H and O–H groups in total. The van der Waals surface area contributed by atoms with Crippen LogP contribution in [0.15, 0.2) is 42.5 Å². The average Bonchev–Trinajstić information content (AvgIpc) is 2.46. The quantitative estimate of drug-likeness (QED) is 0.878. The Morgan fingerprint density at radius 1 is 1.05 bits per heavy atom. The second kappa shape index (κ2) is 6.93. The molecule has 1 amide bonds. The fourth-order valence-corrected chi connectivity index (χ4v) is 2.31. The maximum atomic E-state index is 12.3. The van der Waals surface area contributed by atoms with E-state index in [0.29, 0.717) is 6.54 Å². The van der Waals surface area contributed by atoms with Crippen molar-refractivity contribution in [2.24, 2.45) is 0 Å². The zero-order chi connectivity index (χ0) is 15.2. The topological polar surface area (TPSA) is 41.1 Å². The van der Waals surface area contributed by atoms with Gasteiger partial charge in [0.2, 0.25) is 0 Å². The maximum absolute atomic E-state index is 12.3. The number of anilines is 1. The highest BCUT2D eigenvalue weighted by Gasteiger charge is 2.09. The van der Waals surface area contributed by atoms with Crippen molar-refractivity contribution in [2.45, 2.75) is 27.3 Å². The van der Waals surface area contributed by atoms with Gasteiger partial charge in [0.25, 0.3) is 5.91 Å². The minimum atomic E-state index is -0.0289. The van der Waals surface area contributed by atoms with Crippen molar-refractivity contribution < 1.29 is 4.79 Å². The van der Waals surface area contributed by atoms with Gasteiger partial charge in [0.15, 0.2) is 0 Å². The van der Waals surface area contributed by atoms with Crippen LogP contribution < -0.4 is 10.6 Å². The Labute approximate surface area is 126 Å². The molecule has 2 aromatic rings. The molecule has 0 fully saturated rings. The van der Waals surface area contributed by atoms with Gasteiger partial charge < -0.3 is 10.6 Å². The molecule has 2 aromatic carbocycles. The van der Waals surface area contributed by atoms with Crippen molar-refractivity contribution in [2.75, 3.05) is 11.9 Å². The first kappa shape index (κ1) is 15.1. The molecule has 0 aliphatic rings. The van der Waals surface area contributed by atoms with Gasteiger partial charge in [-0.15, -0.1) is 0 Å². The van der Waals surface area contributed by atoms with Crippen molar-refractivity contribution in [1.82, 2.24) is 5.32 Å². The summed E-state index contributed by atoms with van der Waals surface area (Å²) in [7, 11) is 0. The van der Waals surface area contributed by atoms with E-state index in [4.69, 9.17) is 0 Å². The lowest BCUT2D eigenvalue weighted by atomic mass is 10.1. The van der Waals surface area contributed by atoms with E-state index < -0.39 is 0 Å². The predicted molar refractivity (Wildman–Crippen MR) is 87.7 cm³/mol. The van der Waals surface area contributed by atoms with E-state index in [-0.39, 0.29) is 5.91 Å².